The summed E-state index contributed by atoms with van der Waals surface area (Å²) in [7, 11) is 2.15. The van der Waals surface area contributed by atoms with Crippen LogP contribution in [0.25, 0.3) is 10.2 Å². The quantitative estimate of drug-likeness (QED) is 0.653. The van der Waals surface area contributed by atoms with Crippen molar-refractivity contribution in [3.63, 3.8) is 0 Å². The molecule has 1 aliphatic heterocycles. The van der Waals surface area contributed by atoms with Crippen LogP contribution >= 0.6 is 11.3 Å². The van der Waals surface area contributed by atoms with Gasteiger partial charge in [0.15, 0.2) is 0 Å². The third-order valence-corrected chi connectivity index (χ3v) is 4.37. The second-order valence-electron chi connectivity index (χ2n) is 4.29. The first-order valence-corrected chi connectivity index (χ1v) is 6.31. The zero-order valence-corrected chi connectivity index (χ0v) is 9.98. The lowest BCUT2D eigenvalue weighted by Crippen LogP contribution is -2.20. The molecule has 0 aliphatic carbocycles. The first-order valence-electron chi connectivity index (χ1n) is 5.49. The summed E-state index contributed by atoms with van der Waals surface area (Å²) in [6.07, 6.45) is 2.12. The van der Waals surface area contributed by atoms with Gasteiger partial charge in [-0.15, -0.1) is 11.3 Å². The van der Waals surface area contributed by atoms with Gasteiger partial charge in [-0.3, -0.25) is 0 Å². The summed E-state index contributed by atoms with van der Waals surface area (Å²) in [5, 5.41) is 1.15. The maximum atomic E-state index is 13.0. The number of likely N-dealkylation sites (N-methyl/N-ethyl adjacent to an activating group) is 1. The molecule has 3 heterocycles. The highest BCUT2D eigenvalue weighted by atomic mass is 32.1. The number of fused-ring (bicyclic) bond motifs is 3. The molecule has 0 bridgehead atoms. The second kappa shape index (κ2) is 3.79. The molecule has 16 heavy (non-hydrogen) atoms. The fourth-order valence-corrected chi connectivity index (χ4v) is 3.43. The molecule has 2 nitrogen and oxygen atoms in total. The summed E-state index contributed by atoms with van der Waals surface area (Å²) in [6.45, 7) is 2.17. The average Bonchev–Trinajstić information content (AvgIpc) is 2.50. The van der Waals surface area contributed by atoms with Gasteiger partial charge in [-0.1, -0.05) is 0 Å². The van der Waals surface area contributed by atoms with Crippen molar-refractivity contribution in [3.05, 3.63) is 28.5 Å². The van der Waals surface area contributed by atoms with Crippen molar-refractivity contribution in [3.8, 4) is 0 Å². The highest BCUT2D eigenvalue weighted by molar-refractivity contribution is 7.18. The molecule has 1 aliphatic rings. The molecule has 2 aromatic heterocycles. The van der Waals surface area contributed by atoms with Gasteiger partial charge < -0.3 is 4.90 Å². The van der Waals surface area contributed by atoms with Crippen LogP contribution in [0.2, 0.25) is 0 Å². The van der Waals surface area contributed by atoms with Crippen molar-refractivity contribution in [1.82, 2.24) is 9.88 Å². The maximum absolute atomic E-state index is 13.0. The van der Waals surface area contributed by atoms with Gasteiger partial charge in [-0.25, -0.2) is 4.98 Å². The molecule has 0 spiro atoms. The Bertz CT molecular complexity index is 535. The van der Waals surface area contributed by atoms with Crippen LogP contribution in [0.15, 0.2) is 12.1 Å². The minimum absolute atomic E-state index is 0.374. The smallest absolute Gasteiger partial charge is 0.214 e. The largest absolute Gasteiger partial charge is 0.306 e. The van der Waals surface area contributed by atoms with Gasteiger partial charge in [0.1, 0.15) is 4.83 Å². The summed E-state index contributed by atoms with van der Waals surface area (Å²) in [5.41, 5.74) is 1.39. The molecular weight excluding hydrogens is 223 g/mol. The number of hydrogen-bond acceptors (Lipinski definition) is 3. The van der Waals surface area contributed by atoms with Gasteiger partial charge in [-0.05, 0) is 37.6 Å². The SMILES string of the molecule is CN1CCc2sc3nc(F)ccc3c2CC1. The summed E-state index contributed by atoms with van der Waals surface area (Å²) in [6, 6.07) is 3.34. The molecule has 0 aromatic carbocycles. The molecule has 0 saturated carbocycles. The number of pyridine rings is 1. The Balaban J connectivity index is 2.15. The van der Waals surface area contributed by atoms with Crippen LogP contribution in [0.4, 0.5) is 4.39 Å². The molecule has 3 rings (SSSR count). The summed E-state index contributed by atoms with van der Waals surface area (Å²) < 4.78 is 13.0. The molecule has 0 atom stereocenters. The molecule has 84 valence electrons. The van der Waals surface area contributed by atoms with Crippen LogP contribution < -0.4 is 0 Å². The van der Waals surface area contributed by atoms with Crippen LogP contribution in [-0.4, -0.2) is 30.0 Å². The van der Waals surface area contributed by atoms with Crippen molar-refractivity contribution in [2.75, 3.05) is 20.1 Å². The molecule has 0 N–H and O–H groups in total. The number of thiophene rings is 1. The lowest BCUT2D eigenvalue weighted by Gasteiger charge is -2.11. The van der Waals surface area contributed by atoms with Crippen LogP contribution in [0.1, 0.15) is 10.4 Å². The van der Waals surface area contributed by atoms with E-state index in [1.54, 1.807) is 11.3 Å². The van der Waals surface area contributed by atoms with E-state index in [2.05, 4.69) is 16.9 Å². The van der Waals surface area contributed by atoms with E-state index in [1.165, 1.54) is 16.5 Å². The van der Waals surface area contributed by atoms with E-state index in [9.17, 15) is 4.39 Å². The lowest BCUT2D eigenvalue weighted by atomic mass is 10.1. The van der Waals surface area contributed by atoms with E-state index in [0.29, 0.717) is 0 Å². The fraction of sp³-hybridized carbons (Fsp3) is 0.417. The zero-order valence-electron chi connectivity index (χ0n) is 9.16. The van der Waals surface area contributed by atoms with E-state index in [1.807, 2.05) is 6.07 Å². The van der Waals surface area contributed by atoms with Crippen molar-refractivity contribution in [1.29, 1.82) is 0 Å². The fourth-order valence-electron chi connectivity index (χ4n) is 2.24. The summed E-state index contributed by atoms with van der Waals surface area (Å²) in [5.74, 6) is -0.374. The second-order valence-corrected chi connectivity index (χ2v) is 5.38. The van der Waals surface area contributed by atoms with Crippen LogP contribution in [0.3, 0.4) is 0 Å². The molecule has 0 radical (unpaired) electrons. The topological polar surface area (TPSA) is 16.1 Å². The zero-order chi connectivity index (χ0) is 11.1. The number of halogens is 1. The maximum Gasteiger partial charge on any atom is 0.214 e. The molecule has 0 amide bonds. The Morgan fingerprint density at radius 3 is 3.00 bits per heavy atom. The van der Waals surface area contributed by atoms with Gasteiger partial charge in [0.05, 0.1) is 0 Å². The molecule has 0 fully saturated rings. The Labute approximate surface area is 97.7 Å². The monoisotopic (exact) mass is 236 g/mol. The van der Waals surface area contributed by atoms with Gasteiger partial charge in [0.25, 0.3) is 0 Å². The van der Waals surface area contributed by atoms with Crippen molar-refractivity contribution < 1.29 is 4.39 Å². The Morgan fingerprint density at radius 1 is 1.31 bits per heavy atom. The average molecular weight is 236 g/mol. The molecule has 4 heteroatoms. The molecule has 0 saturated heterocycles. The lowest BCUT2D eigenvalue weighted by molar-refractivity contribution is 0.353. The highest BCUT2D eigenvalue weighted by Crippen LogP contribution is 2.32. The van der Waals surface area contributed by atoms with Crippen LogP contribution in [-0.2, 0) is 12.8 Å². The Morgan fingerprint density at radius 2 is 2.12 bits per heavy atom. The molecular formula is C12H13FN2S. The van der Waals surface area contributed by atoms with Crippen molar-refractivity contribution in [2.45, 2.75) is 12.8 Å². The third kappa shape index (κ3) is 1.62. The number of nitrogens with zero attached hydrogens (tertiary/aromatic N) is 2. The standard InChI is InChI=1S/C12H13FN2S/c1-15-6-4-8-9-2-3-11(13)14-12(9)16-10(8)5-7-15/h2-3H,4-7H2,1H3. The summed E-state index contributed by atoms with van der Waals surface area (Å²) >= 11 is 1.65. The summed E-state index contributed by atoms with van der Waals surface area (Å²) in [4.78, 5) is 8.55. The van der Waals surface area contributed by atoms with E-state index < -0.39 is 0 Å². The van der Waals surface area contributed by atoms with Gasteiger partial charge in [0, 0.05) is 23.4 Å². The van der Waals surface area contributed by atoms with E-state index in [0.717, 1.165) is 36.1 Å². The van der Waals surface area contributed by atoms with Gasteiger partial charge in [0.2, 0.25) is 5.95 Å². The van der Waals surface area contributed by atoms with Gasteiger partial charge in [-0.2, -0.15) is 4.39 Å². The molecule has 2 aromatic rings. The van der Waals surface area contributed by atoms with Crippen LogP contribution in [0, 0.1) is 5.95 Å². The van der Waals surface area contributed by atoms with Gasteiger partial charge >= 0.3 is 0 Å². The number of aromatic nitrogens is 1. The Kier molecular flexibility index (Phi) is 2.41. The minimum Gasteiger partial charge on any atom is -0.306 e. The third-order valence-electron chi connectivity index (χ3n) is 3.17. The van der Waals surface area contributed by atoms with Crippen molar-refractivity contribution in [2.24, 2.45) is 0 Å². The van der Waals surface area contributed by atoms with E-state index in [4.69, 9.17) is 0 Å². The van der Waals surface area contributed by atoms with E-state index in [-0.39, 0.29) is 5.95 Å². The first kappa shape index (κ1) is 10.2. The van der Waals surface area contributed by atoms with Crippen molar-refractivity contribution >= 4 is 21.6 Å². The highest BCUT2D eigenvalue weighted by Gasteiger charge is 2.17. The van der Waals surface area contributed by atoms with Crippen LogP contribution in [0.5, 0.6) is 0 Å². The first-order chi connectivity index (χ1) is 7.74. The number of hydrogen-bond donors (Lipinski definition) is 0. The normalized spacial score (nSPS) is 17.4. The van der Waals surface area contributed by atoms with E-state index >= 15 is 0 Å². The minimum atomic E-state index is -0.374. The predicted octanol–water partition coefficient (Wildman–Crippen LogP) is 2.47. The predicted molar refractivity (Wildman–Crippen MR) is 64.5 cm³/mol. The molecule has 0 unspecified atom stereocenters. The Hall–Kier alpha value is -1.00. The number of rotatable bonds is 0.